The number of aliphatic hydroxyl groups excluding tert-OH is 2. The first-order valence-electron chi connectivity index (χ1n) is 4.84. The molecular weight excluding hydrogens is 214 g/mol. The van der Waals surface area contributed by atoms with E-state index in [1.807, 2.05) is 6.92 Å². The highest BCUT2D eigenvalue weighted by molar-refractivity contribution is 6.17. The van der Waals surface area contributed by atoms with Gasteiger partial charge in [-0.1, -0.05) is 6.07 Å². The molecule has 4 N–H and O–H groups in total. The Morgan fingerprint density at radius 2 is 2.07 bits per heavy atom. The molecule has 1 rings (SSSR count). The van der Waals surface area contributed by atoms with Gasteiger partial charge in [0.1, 0.15) is 6.10 Å². The van der Waals surface area contributed by atoms with Gasteiger partial charge in [0.2, 0.25) is 0 Å². The summed E-state index contributed by atoms with van der Waals surface area (Å²) < 4.78 is 0. The SMILES string of the molecule is Cc1cc(N)ccc1C(O)C(O)CCCl. The number of hydrogen-bond donors (Lipinski definition) is 3. The van der Waals surface area contributed by atoms with Gasteiger partial charge >= 0.3 is 0 Å². The summed E-state index contributed by atoms with van der Waals surface area (Å²) in [5.41, 5.74) is 7.81. The molecule has 0 radical (unpaired) electrons. The zero-order valence-electron chi connectivity index (χ0n) is 8.65. The van der Waals surface area contributed by atoms with Crippen LogP contribution in [0.4, 0.5) is 5.69 Å². The van der Waals surface area contributed by atoms with Crippen LogP contribution in [-0.4, -0.2) is 22.2 Å². The average molecular weight is 230 g/mol. The second-order valence-electron chi connectivity index (χ2n) is 3.61. The van der Waals surface area contributed by atoms with Gasteiger partial charge in [0.25, 0.3) is 0 Å². The van der Waals surface area contributed by atoms with Gasteiger partial charge < -0.3 is 15.9 Å². The van der Waals surface area contributed by atoms with E-state index < -0.39 is 12.2 Å². The Kier molecular flexibility index (Phi) is 4.39. The van der Waals surface area contributed by atoms with Crippen LogP contribution < -0.4 is 5.73 Å². The highest BCUT2D eigenvalue weighted by Crippen LogP contribution is 2.24. The first-order valence-corrected chi connectivity index (χ1v) is 5.38. The molecule has 84 valence electrons. The number of nitrogens with two attached hydrogens (primary N) is 1. The molecule has 0 aliphatic carbocycles. The lowest BCUT2D eigenvalue weighted by molar-refractivity contribution is 0.0166. The number of hydrogen-bond acceptors (Lipinski definition) is 3. The number of anilines is 1. The van der Waals surface area contributed by atoms with E-state index in [1.165, 1.54) is 0 Å². The first kappa shape index (κ1) is 12.3. The molecule has 0 aliphatic heterocycles. The van der Waals surface area contributed by atoms with Gasteiger partial charge in [0.05, 0.1) is 6.10 Å². The molecule has 0 saturated carbocycles. The number of benzene rings is 1. The lowest BCUT2D eigenvalue weighted by atomic mass is 9.98. The van der Waals surface area contributed by atoms with Crippen LogP contribution in [0.25, 0.3) is 0 Å². The highest BCUT2D eigenvalue weighted by Gasteiger charge is 2.19. The van der Waals surface area contributed by atoms with Crippen LogP contribution in [0, 0.1) is 6.92 Å². The van der Waals surface area contributed by atoms with Gasteiger partial charge in [0.15, 0.2) is 0 Å². The number of aliphatic hydroxyl groups is 2. The monoisotopic (exact) mass is 229 g/mol. The summed E-state index contributed by atoms with van der Waals surface area (Å²) in [6.45, 7) is 1.85. The minimum Gasteiger partial charge on any atom is -0.399 e. The number of rotatable bonds is 4. The van der Waals surface area contributed by atoms with E-state index in [9.17, 15) is 10.2 Å². The van der Waals surface area contributed by atoms with Gasteiger partial charge in [0, 0.05) is 11.6 Å². The summed E-state index contributed by atoms with van der Waals surface area (Å²) >= 11 is 5.50. The van der Waals surface area contributed by atoms with E-state index in [0.717, 1.165) is 5.56 Å². The van der Waals surface area contributed by atoms with Crippen molar-refractivity contribution >= 4 is 17.3 Å². The van der Waals surface area contributed by atoms with E-state index in [0.29, 0.717) is 23.6 Å². The third kappa shape index (κ3) is 3.09. The molecule has 0 bridgehead atoms. The second kappa shape index (κ2) is 5.35. The standard InChI is InChI=1S/C11H16ClNO2/c1-7-6-8(13)2-3-9(7)11(15)10(14)4-5-12/h2-3,6,10-11,14-15H,4-5,13H2,1H3. The topological polar surface area (TPSA) is 66.5 Å². The van der Waals surface area contributed by atoms with Gasteiger partial charge in [-0.3, -0.25) is 0 Å². The summed E-state index contributed by atoms with van der Waals surface area (Å²) in [7, 11) is 0. The van der Waals surface area contributed by atoms with Crippen molar-refractivity contribution in [1.29, 1.82) is 0 Å². The van der Waals surface area contributed by atoms with E-state index in [4.69, 9.17) is 17.3 Å². The van der Waals surface area contributed by atoms with E-state index in [-0.39, 0.29) is 0 Å². The van der Waals surface area contributed by atoms with Crippen molar-refractivity contribution < 1.29 is 10.2 Å². The van der Waals surface area contributed by atoms with Crippen LogP contribution >= 0.6 is 11.6 Å². The maximum atomic E-state index is 9.84. The maximum Gasteiger partial charge on any atom is 0.105 e. The summed E-state index contributed by atoms with van der Waals surface area (Å²) in [5.74, 6) is 0.326. The van der Waals surface area contributed by atoms with Crippen LogP contribution in [0.15, 0.2) is 18.2 Å². The predicted octanol–water partition coefficient (Wildman–Crippen LogP) is 1.60. The molecule has 1 aromatic rings. The first-order chi connectivity index (χ1) is 7.06. The summed E-state index contributed by atoms with van der Waals surface area (Å²) in [5, 5.41) is 19.4. The molecule has 0 saturated heterocycles. The number of aryl methyl sites for hydroxylation is 1. The minimum absolute atomic E-state index is 0.326. The third-order valence-electron chi connectivity index (χ3n) is 2.38. The van der Waals surface area contributed by atoms with Crippen LogP contribution in [-0.2, 0) is 0 Å². The smallest absolute Gasteiger partial charge is 0.105 e. The molecule has 0 aliphatic rings. The van der Waals surface area contributed by atoms with Crippen LogP contribution in [0.5, 0.6) is 0 Å². The summed E-state index contributed by atoms with van der Waals surface area (Å²) in [4.78, 5) is 0. The van der Waals surface area contributed by atoms with Crippen LogP contribution in [0.3, 0.4) is 0 Å². The molecule has 0 spiro atoms. The molecule has 2 atom stereocenters. The summed E-state index contributed by atoms with van der Waals surface area (Å²) in [6, 6.07) is 5.21. The molecule has 0 heterocycles. The molecule has 0 fully saturated rings. The highest BCUT2D eigenvalue weighted by atomic mass is 35.5. The fraction of sp³-hybridized carbons (Fsp3) is 0.455. The average Bonchev–Trinajstić information content (AvgIpc) is 2.17. The molecule has 15 heavy (non-hydrogen) atoms. The number of halogens is 1. The molecule has 0 amide bonds. The molecule has 4 heteroatoms. The molecular formula is C11H16ClNO2. The van der Waals surface area contributed by atoms with Crippen molar-refractivity contribution in [1.82, 2.24) is 0 Å². The quantitative estimate of drug-likeness (QED) is 0.543. The van der Waals surface area contributed by atoms with Gasteiger partial charge in [-0.25, -0.2) is 0 Å². The van der Waals surface area contributed by atoms with Crippen LogP contribution in [0.2, 0.25) is 0 Å². The Balaban J connectivity index is 2.86. The maximum absolute atomic E-state index is 9.84. The molecule has 2 unspecified atom stereocenters. The zero-order valence-corrected chi connectivity index (χ0v) is 9.41. The van der Waals surface area contributed by atoms with Gasteiger partial charge in [-0.05, 0) is 36.6 Å². The fourth-order valence-corrected chi connectivity index (χ4v) is 1.73. The van der Waals surface area contributed by atoms with Crippen molar-refractivity contribution in [2.45, 2.75) is 25.6 Å². The van der Waals surface area contributed by atoms with Crippen molar-refractivity contribution in [2.75, 3.05) is 11.6 Å². The Morgan fingerprint density at radius 3 is 2.60 bits per heavy atom. The Bertz CT molecular complexity index is 330. The number of alkyl halides is 1. The predicted molar refractivity (Wildman–Crippen MR) is 61.9 cm³/mol. The molecule has 1 aromatic carbocycles. The van der Waals surface area contributed by atoms with Crippen molar-refractivity contribution in [3.05, 3.63) is 29.3 Å². The minimum atomic E-state index is -0.899. The lowest BCUT2D eigenvalue weighted by Gasteiger charge is -2.19. The van der Waals surface area contributed by atoms with E-state index in [1.54, 1.807) is 18.2 Å². The molecule has 3 nitrogen and oxygen atoms in total. The number of nitrogen functional groups attached to an aromatic ring is 1. The van der Waals surface area contributed by atoms with Gasteiger partial charge in [-0.2, -0.15) is 0 Å². The van der Waals surface area contributed by atoms with E-state index in [2.05, 4.69) is 0 Å². The fourth-order valence-electron chi connectivity index (χ4n) is 1.51. The lowest BCUT2D eigenvalue weighted by Crippen LogP contribution is -2.19. The summed E-state index contributed by atoms with van der Waals surface area (Å²) in [6.07, 6.45) is -1.36. The second-order valence-corrected chi connectivity index (χ2v) is 3.98. The van der Waals surface area contributed by atoms with E-state index >= 15 is 0 Å². The van der Waals surface area contributed by atoms with Crippen molar-refractivity contribution in [3.63, 3.8) is 0 Å². The van der Waals surface area contributed by atoms with Crippen LogP contribution in [0.1, 0.15) is 23.7 Å². The largest absolute Gasteiger partial charge is 0.399 e. The Morgan fingerprint density at radius 1 is 1.40 bits per heavy atom. The normalized spacial score (nSPS) is 14.9. The third-order valence-corrected chi connectivity index (χ3v) is 2.60. The molecule has 0 aromatic heterocycles. The Labute approximate surface area is 94.5 Å². The van der Waals surface area contributed by atoms with Crippen molar-refractivity contribution in [2.24, 2.45) is 0 Å². The van der Waals surface area contributed by atoms with Gasteiger partial charge in [-0.15, -0.1) is 11.6 Å². The Hall–Kier alpha value is -0.770. The zero-order chi connectivity index (χ0) is 11.4. The van der Waals surface area contributed by atoms with Crippen molar-refractivity contribution in [3.8, 4) is 0 Å².